The van der Waals surface area contributed by atoms with Gasteiger partial charge < -0.3 is 14.2 Å². The van der Waals surface area contributed by atoms with E-state index in [1.807, 2.05) is 18.2 Å². The van der Waals surface area contributed by atoms with Crippen LogP contribution in [-0.2, 0) is 9.47 Å². The van der Waals surface area contributed by atoms with E-state index >= 15 is 0 Å². The first-order chi connectivity index (χ1) is 6.81. The Labute approximate surface area is 91.1 Å². The fraction of sp³-hybridized carbons (Fsp3) is 0.400. The Morgan fingerprint density at radius 2 is 2.07 bits per heavy atom. The van der Waals surface area contributed by atoms with E-state index < -0.39 is 0 Å². The van der Waals surface area contributed by atoms with Crippen LogP contribution in [0.1, 0.15) is 11.9 Å². The molecule has 0 unspecified atom stereocenters. The molecule has 0 aromatic heterocycles. The maximum atomic E-state index is 5.40. The Balaban J connectivity index is 2.31. The highest BCUT2D eigenvalue weighted by atomic mass is 79.9. The van der Waals surface area contributed by atoms with Crippen molar-refractivity contribution in [2.45, 2.75) is 6.29 Å². The summed E-state index contributed by atoms with van der Waals surface area (Å²) in [6, 6.07) is 5.79. The maximum absolute atomic E-state index is 5.40. The van der Waals surface area contributed by atoms with Gasteiger partial charge in [-0.15, -0.1) is 0 Å². The highest BCUT2D eigenvalue weighted by molar-refractivity contribution is 9.10. The molecule has 0 radical (unpaired) electrons. The van der Waals surface area contributed by atoms with E-state index in [1.54, 1.807) is 7.11 Å². The first-order valence-corrected chi connectivity index (χ1v) is 5.17. The summed E-state index contributed by atoms with van der Waals surface area (Å²) in [5, 5.41) is 0. The van der Waals surface area contributed by atoms with Crippen molar-refractivity contribution >= 4 is 15.9 Å². The van der Waals surface area contributed by atoms with Gasteiger partial charge in [0.2, 0.25) is 0 Å². The molecule has 0 aliphatic carbocycles. The molecule has 0 spiro atoms. The third-order valence-corrected chi connectivity index (χ3v) is 2.56. The van der Waals surface area contributed by atoms with Crippen LogP contribution >= 0.6 is 15.9 Å². The fourth-order valence-electron chi connectivity index (χ4n) is 1.42. The lowest BCUT2D eigenvalue weighted by atomic mass is 10.2. The fourth-order valence-corrected chi connectivity index (χ4v) is 1.76. The van der Waals surface area contributed by atoms with Crippen LogP contribution < -0.4 is 4.74 Å². The second kappa shape index (κ2) is 4.29. The molecule has 1 aliphatic rings. The molecule has 76 valence electrons. The van der Waals surface area contributed by atoms with Crippen molar-refractivity contribution in [3.8, 4) is 5.75 Å². The average Bonchev–Trinajstić information content (AvgIpc) is 2.70. The van der Waals surface area contributed by atoms with Crippen LogP contribution in [0, 0.1) is 0 Å². The van der Waals surface area contributed by atoms with Crippen molar-refractivity contribution in [1.82, 2.24) is 0 Å². The third-order valence-electron chi connectivity index (χ3n) is 2.07. The number of ether oxygens (including phenoxy) is 3. The molecule has 1 heterocycles. The van der Waals surface area contributed by atoms with E-state index in [9.17, 15) is 0 Å². The summed E-state index contributed by atoms with van der Waals surface area (Å²) >= 11 is 3.38. The quantitative estimate of drug-likeness (QED) is 0.816. The molecule has 1 fully saturated rings. The Morgan fingerprint density at radius 3 is 2.71 bits per heavy atom. The average molecular weight is 259 g/mol. The van der Waals surface area contributed by atoms with Gasteiger partial charge in [0.15, 0.2) is 6.29 Å². The van der Waals surface area contributed by atoms with Crippen molar-refractivity contribution in [2.24, 2.45) is 0 Å². The lowest BCUT2D eigenvalue weighted by Crippen LogP contribution is -2.01. The summed E-state index contributed by atoms with van der Waals surface area (Å²) in [5.74, 6) is 0.784. The van der Waals surface area contributed by atoms with Gasteiger partial charge in [-0.05, 0) is 18.2 Å². The van der Waals surface area contributed by atoms with Crippen LogP contribution in [0.2, 0.25) is 0 Å². The monoisotopic (exact) mass is 258 g/mol. The van der Waals surface area contributed by atoms with Gasteiger partial charge in [-0.1, -0.05) is 15.9 Å². The highest BCUT2D eigenvalue weighted by Crippen LogP contribution is 2.32. The zero-order valence-corrected chi connectivity index (χ0v) is 9.41. The Bertz CT molecular complexity index is 321. The molecule has 1 aromatic carbocycles. The van der Waals surface area contributed by atoms with Crippen molar-refractivity contribution in [3.05, 3.63) is 28.2 Å². The summed E-state index contributed by atoms with van der Waals surface area (Å²) in [6.45, 7) is 1.29. The predicted molar refractivity (Wildman–Crippen MR) is 55.3 cm³/mol. The van der Waals surface area contributed by atoms with Crippen molar-refractivity contribution in [3.63, 3.8) is 0 Å². The highest BCUT2D eigenvalue weighted by Gasteiger charge is 2.21. The standard InChI is InChI=1S/C10H11BrO3/c1-12-9-6-7(11)2-3-8(9)10-13-4-5-14-10/h2-3,6,10H,4-5H2,1H3. The van der Waals surface area contributed by atoms with Gasteiger partial charge >= 0.3 is 0 Å². The normalized spacial score (nSPS) is 17.3. The molecule has 0 saturated carbocycles. The summed E-state index contributed by atoms with van der Waals surface area (Å²) in [6.07, 6.45) is -0.280. The molecule has 0 N–H and O–H groups in total. The molecule has 3 nitrogen and oxygen atoms in total. The zero-order chi connectivity index (χ0) is 9.97. The van der Waals surface area contributed by atoms with E-state index in [1.165, 1.54) is 0 Å². The molecule has 0 atom stereocenters. The van der Waals surface area contributed by atoms with Gasteiger partial charge in [0.05, 0.1) is 20.3 Å². The van der Waals surface area contributed by atoms with E-state index in [0.29, 0.717) is 13.2 Å². The number of halogens is 1. The smallest absolute Gasteiger partial charge is 0.187 e. The van der Waals surface area contributed by atoms with E-state index in [0.717, 1.165) is 15.8 Å². The SMILES string of the molecule is COc1cc(Br)ccc1C1OCCO1. The number of benzene rings is 1. The number of hydrogen-bond acceptors (Lipinski definition) is 3. The molecule has 1 saturated heterocycles. The minimum Gasteiger partial charge on any atom is -0.496 e. The molecule has 1 aliphatic heterocycles. The van der Waals surface area contributed by atoms with Gasteiger partial charge in [0, 0.05) is 10.0 Å². The molecule has 14 heavy (non-hydrogen) atoms. The lowest BCUT2D eigenvalue weighted by molar-refractivity contribution is -0.0454. The van der Waals surface area contributed by atoms with E-state index in [2.05, 4.69) is 15.9 Å². The van der Waals surface area contributed by atoms with Gasteiger partial charge in [-0.2, -0.15) is 0 Å². The van der Waals surface area contributed by atoms with Crippen LogP contribution in [0.15, 0.2) is 22.7 Å². The zero-order valence-electron chi connectivity index (χ0n) is 7.83. The van der Waals surface area contributed by atoms with Crippen molar-refractivity contribution in [2.75, 3.05) is 20.3 Å². The van der Waals surface area contributed by atoms with Crippen LogP contribution in [0.25, 0.3) is 0 Å². The van der Waals surface area contributed by atoms with Crippen LogP contribution in [0.4, 0.5) is 0 Å². The first kappa shape index (κ1) is 9.96. The van der Waals surface area contributed by atoms with Crippen molar-refractivity contribution in [1.29, 1.82) is 0 Å². The summed E-state index contributed by atoms with van der Waals surface area (Å²) < 4.78 is 17.0. The number of methoxy groups -OCH3 is 1. The lowest BCUT2D eigenvalue weighted by Gasteiger charge is -2.13. The summed E-state index contributed by atoms with van der Waals surface area (Å²) in [5.41, 5.74) is 0.938. The Kier molecular flexibility index (Phi) is 3.05. The second-order valence-electron chi connectivity index (χ2n) is 2.96. The first-order valence-electron chi connectivity index (χ1n) is 4.38. The molecule has 1 aromatic rings. The number of hydrogen-bond donors (Lipinski definition) is 0. The summed E-state index contributed by atoms with van der Waals surface area (Å²) in [4.78, 5) is 0. The van der Waals surface area contributed by atoms with Gasteiger partial charge in [0.1, 0.15) is 5.75 Å². The predicted octanol–water partition coefficient (Wildman–Crippen LogP) is 2.50. The molecule has 0 bridgehead atoms. The molecule has 0 amide bonds. The second-order valence-corrected chi connectivity index (χ2v) is 3.88. The molecule has 4 heteroatoms. The Morgan fingerprint density at radius 1 is 1.36 bits per heavy atom. The molecular weight excluding hydrogens is 248 g/mol. The van der Waals surface area contributed by atoms with Crippen LogP contribution in [0.3, 0.4) is 0 Å². The largest absolute Gasteiger partial charge is 0.496 e. The molecular formula is C10H11BrO3. The third kappa shape index (κ3) is 1.92. The van der Waals surface area contributed by atoms with Crippen LogP contribution in [0.5, 0.6) is 5.75 Å². The minimum atomic E-state index is -0.280. The topological polar surface area (TPSA) is 27.7 Å². The van der Waals surface area contributed by atoms with E-state index in [4.69, 9.17) is 14.2 Å². The van der Waals surface area contributed by atoms with E-state index in [-0.39, 0.29) is 6.29 Å². The van der Waals surface area contributed by atoms with Gasteiger partial charge in [-0.25, -0.2) is 0 Å². The Hall–Kier alpha value is -0.580. The maximum Gasteiger partial charge on any atom is 0.187 e. The van der Waals surface area contributed by atoms with Crippen molar-refractivity contribution < 1.29 is 14.2 Å². The van der Waals surface area contributed by atoms with Gasteiger partial charge in [-0.3, -0.25) is 0 Å². The van der Waals surface area contributed by atoms with Crippen LogP contribution in [-0.4, -0.2) is 20.3 Å². The minimum absolute atomic E-state index is 0.280. The summed E-state index contributed by atoms with van der Waals surface area (Å²) in [7, 11) is 1.64. The number of rotatable bonds is 2. The molecule has 2 rings (SSSR count). The van der Waals surface area contributed by atoms with Gasteiger partial charge in [0.25, 0.3) is 0 Å².